The number of aromatic nitrogens is 3. The number of halogens is 1. The van der Waals surface area contributed by atoms with Gasteiger partial charge in [0.15, 0.2) is 0 Å². The Bertz CT molecular complexity index is 1050. The fraction of sp³-hybridized carbons (Fsp3) is 0.235. The Kier molecular flexibility index (Phi) is 4.26. The molecule has 1 aromatic carbocycles. The molecule has 4 rings (SSSR count). The van der Waals surface area contributed by atoms with Crippen molar-refractivity contribution in [1.29, 1.82) is 0 Å². The van der Waals surface area contributed by atoms with Crippen molar-refractivity contribution >= 4 is 21.6 Å². The van der Waals surface area contributed by atoms with Gasteiger partial charge in [-0.2, -0.15) is 9.29 Å². The van der Waals surface area contributed by atoms with Crippen LogP contribution in [0.3, 0.4) is 0 Å². The highest BCUT2D eigenvalue weighted by molar-refractivity contribution is 7.89. The highest BCUT2D eigenvalue weighted by Gasteiger charge is 2.40. The van der Waals surface area contributed by atoms with E-state index in [2.05, 4.69) is 15.1 Å². The second-order valence-corrected chi connectivity index (χ2v) is 8.46. The fourth-order valence-electron chi connectivity index (χ4n) is 2.85. The normalized spacial score (nSPS) is 15.8. The van der Waals surface area contributed by atoms with Crippen LogP contribution in [0.25, 0.3) is 11.4 Å². The molecule has 134 valence electrons. The molecule has 0 atom stereocenters. The van der Waals surface area contributed by atoms with Gasteiger partial charge in [0.1, 0.15) is 0 Å². The smallest absolute Gasteiger partial charge is 0.243 e. The Balaban J connectivity index is 1.49. The first-order valence-corrected chi connectivity index (χ1v) is 9.77. The first-order valence-electron chi connectivity index (χ1n) is 7.95. The van der Waals surface area contributed by atoms with Crippen LogP contribution in [0.5, 0.6) is 0 Å². The molecule has 26 heavy (non-hydrogen) atoms. The van der Waals surface area contributed by atoms with Crippen LogP contribution in [-0.4, -0.2) is 40.9 Å². The molecular weight excluding hydrogens is 376 g/mol. The third kappa shape index (κ3) is 3.00. The summed E-state index contributed by atoms with van der Waals surface area (Å²) in [4.78, 5) is 8.59. The second-order valence-electron chi connectivity index (χ2n) is 6.12. The van der Waals surface area contributed by atoms with Gasteiger partial charge >= 0.3 is 0 Å². The summed E-state index contributed by atoms with van der Waals surface area (Å²) < 4.78 is 32.2. The molecule has 0 bridgehead atoms. The average Bonchev–Trinajstić information content (AvgIpc) is 3.03. The molecule has 1 aliphatic heterocycles. The summed E-state index contributed by atoms with van der Waals surface area (Å²) in [7, 11) is -3.56. The maximum Gasteiger partial charge on any atom is 0.243 e. The molecule has 3 aromatic rings. The molecular formula is C17H15ClN4O3S. The predicted molar refractivity (Wildman–Crippen MR) is 95.2 cm³/mol. The molecule has 0 saturated carbocycles. The molecule has 2 aromatic heterocycles. The Morgan fingerprint density at radius 3 is 2.62 bits per heavy atom. The van der Waals surface area contributed by atoms with E-state index in [1.54, 1.807) is 43.6 Å². The van der Waals surface area contributed by atoms with E-state index in [-0.39, 0.29) is 10.8 Å². The van der Waals surface area contributed by atoms with Gasteiger partial charge in [-0.05, 0) is 42.8 Å². The predicted octanol–water partition coefficient (Wildman–Crippen LogP) is 2.88. The molecule has 7 nitrogen and oxygen atoms in total. The average molecular weight is 391 g/mol. The van der Waals surface area contributed by atoms with Crippen molar-refractivity contribution < 1.29 is 12.9 Å². The van der Waals surface area contributed by atoms with E-state index in [1.807, 2.05) is 0 Å². The number of rotatable bonds is 4. The van der Waals surface area contributed by atoms with Crippen LogP contribution >= 0.6 is 11.6 Å². The molecule has 0 aliphatic carbocycles. The number of pyridine rings is 1. The molecule has 0 radical (unpaired) electrons. The van der Waals surface area contributed by atoms with Gasteiger partial charge in [0.05, 0.1) is 10.8 Å². The summed E-state index contributed by atoms with van der Waals surface area (Å²) in [6.45, 7) is 2.35. The van der Waals surface area contributed by atoms with Crippen molar-refractivity contribution in [3.63, 3.8) is 0 Å². The molecule has 0 N–H and O–H groups in total. The van der Waals surface area contributed by atoms with Crippen molar-refractivity contribution in [2.45, 2.75) is 17.7 Å². The molecule has 0 amide bonds. The second kappa shape index (κ2) is 6.46. The lowest BCUT2D eigenvalue weighted by Crippen LogP contribution is -2.48. The summed E-state index contributed by atoms with van der Waals surface area (Å²) in [6, 6.07) is 8.34. The van der Waals surface area contributed by atoms with E-state index in [9.17, 15) is 8.42 Å². The highest BCUT2D eigenvalue weighted by Crippen LogP contribution is 2.33. The minimum atomic E-state index is -3.56. The summed E-state index contributed by atoms with van der Waals surface area (Å²) in [6.07, 6.45) is 3.30. The first-order chi connectivity index (χ1) is 12.4. The van der Waals surface area contributed by atoms with Crippen LogP contribution < -0.4 is 0 Å². The van der Waals surface area contributed by atoms with E-state index in [0.29, 0.717) is 35.4 Å². The van der Waals surface area contributed by atoms with Gasteiger partial charge in [-0.3, -0.25) is 4.98 Å². The number of benzene rings is 1. The maximum atomic E-state index is 12.8. The van der Waals surface area contributed by atoms with Crippen molar-refractivity contribution in [2.75, 3.05) is 13.1 Å². The maximum absolute atomic E-state index is 12.8. The lowest BCUT2D eigenvalue weighted by atomic mass is 10.0. The van der Waals surface area contributed by atoms with Gasteiger partial charge in [0, 0.05) is 36.1 Å². The zero-order chi connectivity index (χ0) is 18.3. The van der Waals surface area contributed by atoms with E-state index >= 15 is 0 Å². The fourth-order valence-corrected chi connectivity index (χ4v) is 4.81. The monoisotopic (exact) mass is 390 g/mol. The quantitative estimate of drug-likeness (QED) is 0.680. The number of hydrogen-bond donors (Lipinski definition) is 0. The van der Waals surface area contributed by atoms with Gasteiger partial charge in [-0.25, -0.2) is 8.42 Å². The first kappa shape index (κ1) is 17.1. The Hall–Kier alpha value is -2.29. The number of hydrogen-bond acceptors (Lipinski definition) is 6. The summed E-state index contributed by atoms with van der Waals surface area (Å²) in [5, 5.41) is 4.47. The SMILES string of the molecule is Cc1cc(Cl)ccc1S(=O)(=O)N1CC(c2nc(-c3ccncc3)no2)C1. The lowest BCUT2D eigenvalue weighted by Gasteiger charge is -2.36. The van der Waals surface area contributed by atoms with Gasteiger partial charge in [0.25, 0.3) is 0 Å². The van der Waals surface area contributed by atoms with E-state index in [0.717, 1.165) is 5.56 Å². The zero-order valence-electron chi connectivity index (χ0n) is 13.8. The van der Waals surface area contributed by atoms with Crippen molar-refractivity contribution in [1.82, 2.24) is 19.4 Å². The number of aryl methyl sites for hydroxylation is 1. The lowest BCUT2D eigenvalue weighted by molar-refractivity contribution is 0.216. The van der Waals surface area contributed by atoms with Gasteiger partial charge in [-0.1, -0.05) is 16.8 Å². The van der Waals surface area contributed by atoms with Crippen LogP contribution in [0, 0.1) is 6.92 Å². The number of nitrogens with zero attached hydrogens (tertiary/aromatic N) is 4. The van der Waals surface area contributed by atoms with Crippen molar-refractivity contribution in [3.05, 3.63) is 59.2 Å². The topological polar surface area (TPSA) is 89.2 Å². The summed E-state index contributed by atoms with van der Waals surface area (Å²) >= 11 is 5.91. The Morgan fingerprint density at radius 1 is 1.19 bits per heavy atom. The van der Waals surface area contributed by atoms with Crippen LogP contribution in [-0.2, 0) is 10.0 Å². The molecule has 1 fully saturated rings. The van der Waals surface area contributed by atoms with Crippen molar-refractivity contribution in [2.24, 2.45) is 0 Å². The largest absolute Gasteiger partial charge is 0.339 e. The Labute approximate surface area is 155 Å². The third-order valence-electron chi connectivity index (χ3n) is 4.33. The molecule has 1 saturated heterocycles. The number of sulfonamides is 1. The van der Waals surface area contributed by atoms with Crippen LogP contribution in [0.4, 0.5) is 0 Å². The summed E-state index contributed by atoms with van der Waals surface area (Å²) in [5.41, 5.74) is 1.43. The van der Waals surface area contributed by atoms with E-state index in [1.165, 1.54) is 10.4 Å². The van der Waals surface area contributed by atoms with Gasteiger partial charge in [0.2, 0.25) is 21.7 Å². The molecule has 3 heterocycles. The van der Waals surface area contributed by atoms with E-state index in [4.69, 9.17) is 16.1 Å². The Morgan fingerprint density at radius 2 is 1.92 bits per heavy atom. The van der Waals surface area contributed by atoms with Crippen molar-refractivity contribution in [3.8, 4) is 11.4 Å². The third-order valence-corrected chi connectivity index (χ3v) is 6.56. The molecule has 1 aliphatic rings. The van der Waals surface area contributed by atoms with Crippen LogP contribution in [0.2, 0.25) is 5.02 Å². The minimum absolute atomic E-state index is 0.111. The minimum Gasteiger partial charge on any atom is -0.339 e. The van der Waals surface area contributed by atoms with Gasteiger partial charge in [-0.15, -0.1) is 0 Å². The van der Waals surface area contributed by atoms with Crippen LogP contribution in [0.15, 0.2) is 52.1 Å². The standard InChI is InChI=1S/C17H15ClN4O3S/c1-11-8-14(18)2-3-15(11)26(23,24)22-9-13(10-22)17-20-16(21-25-17)12-4-6-19-7-5-12/h2-8,13H,9-10H2,1H3. The van der Waals surface area contributed by atoms with Gasteiger partial charge < -0.3 is 4.52 Å². The zero-order valence-corrected chi connectivity index (χ0v) is 15.4. The van der Waals surface area contributed by atoms with Crippen LogP contribution in [0.1, 0.15) is 17.4 Å². The highest BCUT2D eigenvalue weighted by atomic mass is 35.5. The molecule has 0 spiro atoms. The molecule has 9 heteroatoms. The molecule has 0 unspecified atom stereocenters. The van der Waals surface area contributed by atoms with E-state index < -0.39 is 10.0 Å². The summed E-state index contributed by atoms with van der Waals surface area (Å²) in [5.74, 6) is 0.800.